The molecule has 0 saturated heterocycles. The number of para-hydroxylation sites is 2. The predicted octanol–water partition coefficient (Wildman–Crippen LogP) is 5.78. The van der Waals surface area contributed by atoms with Gasteiger partial charge in [-0.05, 0) is 60.9 Å². The van der Waals surface area contributed by atoms with Crippen LogP contribution >= 0.6 is 11.6 Å². The quantitative estimate of drug-likeness (QED) is 0.235. The molecular formula is C29H23ClN4O4. The summed E-state index contributed by atoms with van der Waals surface area (Å²) in [5, 5.41) is 11.8. The Bertz CT molecular complexity index is 1580. The third-order valence-electron chi connectivity index (χ3n) is 7.01. The Labute approximate surface area is 223 Å². The number of rotatable bonds is 6. The molecule has 1 fully saturated rings. The summed E-state index contributed by atoms with van der Waals surface area (Å²) >= 11 is 6.36. The Morgan fingerprint density at radius 1 is 0.947 bits per heavy atom. The summed E-state index contributed by atoms with van der Waals surface area (Å²) in [4.78, 5) is 41.8. The summed E-state index contributed by atoms with van der Waals surface area (Å²) in [5.74, 6) is -0.641. The molecule has 0 N–H and O–H groups in total. The fraction of sp³-hybridized carbons (Fsp3) is 0.172. The van der Waals surface area contributed by atoms with Crippen LogP contribution < -0.4 is 4.90 Å². The van der Waals surface area contributed by atoms with Crippen molar-refractivity contribution in [3.05, 3.63) is 123 Å². The van der Waals surface area contributed by atoms with Crippen molar-refractivity contribution in [3.63, 3.8) is 0 Å². The number of aromatic nitrogens is 1. The zero-order valence-electron chi connectivity index (χ0n) is 20.2. The summed E-state index contributed by atoms with van der Waals surface area (Å²) < 4.78 is 2.07. The number of nitro benzene ring substituents is 1. The van der Waals surface area contributed by atoms with Crippen LogP contribution in [0.4, 0.5) is 11.4 Å². The molecule has 0 bridgehead atoms. The second-order valence-electron chi connectivity index (χ2n) is 9.48. The van der Waals surface area contributed by atoms with Crippen molar-refractivity contribution in [2.75, 3.05) is 11.4 Å². The molecule has 1 aliphatic carbocycles. The van der Waals surface area contributed by atoms with Gasteiger partial charge in [-0.1, -0.05) is 41.9 Å². The summed E-state index contributed by atoms with van der Waals surface area (Å²) in [6, 6.07) is 24.1. The number of carbonyl (C=O) groups is 2. The van der Waals surface area contributed by atoms with Crippen LogP contribution in [0.3, 0.4) is 0 Å². The number of non-ortho nitro benzene ring substituents is 1. The number of halogens is 1. The highest BCUT2D eigenvalue weighted by Crippen LogP contribution is 2.43. The van der Waals surface area contributed by atoms with Crippen LogP contribution in [0, 0.1) is 10.1 Å². The summed E-state index contributed by atoms with van der Waals surface area (Å²) in [6.07, 6.45) is 3.53. The second-order valence-corrected chi connectivity index (χ2v) is 9.92. The molecular weight excluding hydrogens is 504 g/mol. The lowest BCUT2D eigenvalue weighted by Crippen LogP contribution is -2.47. The molecule has 0 unspecified atom stereocenters. The number of nitrogens with zero attached hydrogens (tertiary/aromatic N) is 4. The van der Waals surface area contributed by atoms with Crippen LogP contribution in [-0.4, -0.2) is 38.8 Å². The maximum absolute atomic E-state index is 14.2. The smallest absolute Gasteiger partial charge is 0.270 e. The molecule has 8 nitrogen and oxygen atoms in total. The van der Waals surface area contributed by atoms with E-state index in [1.807, 2.05) is 60.8 Å². The molecule has 2 heterocycles. The van der Waals surface area contributed by atoms with Gasteiger partial charge in [-0.15, -0.1) is 0 Å². The number of amides is 2. The first-order valence-electron chi connectivity index (χ1n) is 12.3. The molecule has 4 aromatic rings. The number of anilines is 1. The Balaban J connectivity index is 1.40. The van der Waals surface area contributed by atoms with Crippen LogP contribution in [-0.2, 0) is 4.79 Å². The first-order valence-corrected chi connectivity index (χ1v) is 12.7. The van der Waals surface area contributed by atoms with Crippen molar-refractivity contribution in [1.29, 1.82) is 0 Å². The van der Waals surface area contributed by atoms with E-state index in [0.717, 1.165) is 35.5 Å². The van der Waals surface area contributed by atoms with E-state index >= 15 is 0 Å². The van der Waals surface area contributed by atoms with E-state index in [4.69, 9.17) is 11.6 Å². The molecule has 38 heavy (non-hydrogen) atoms. The lowest BCUT2D eigenvalue weighted by molar-refractivity contribution is -0.384. The molecule has 0 radical (unpaired) electrons. The normalized spacial score (nSPS) is 15.9. The van der Waals surface area contributed by atoms with Crippen molar-refractivity contribution in [3.8, 4) is 5.69 Å². The zero-order chi connectivity index (χ0) is 26.4. The first-order chi connectivity index (χ1) is 18.4. The largest absolute Gasteiger partial charge is 0.326 e. The molecule has 3 aromatic carbocycles. The van der Waals surface area contributed by atoms with Crippen LogP contribution in [0.2, 0.25) is 5.02 Å². The van der Waals surface area contributed by atoms with Crippen molar-refractivity contribution < 1.29 is 14.5 Å². The fourth-order valence-corrected chi connectivity index (χ4v) is 5.35. The van der Waals surface area contributed by atoms with Crippen molar-refractivity contribution in [2.45, 2.75) is 24.9 Å². The summed E-state index contributed by atoms with van der Waals surface area (Å²) in [7, 11) is 0. The molecule has 1 saturated carbocycles. The van der Waals surface area contributed by atoms with Gasteiger partial charge in [-0.2, -0.15) is 0 Å². The molecule has 0 spiro atoms. The van der Waals surface area contributed by atoms with E-state index in [-0.39, 0.29) is 29.7 Å². The topological polar surface area (TPSA) is 88.7 Å². The number of hydrogen-bond donors (Lipinski definition) is 0. The van der Waals surface area contributed by atoms with Gasteiger partial charge in [0, 0.05) is 35.0 Å². The minimum atomic E-state index is -0.529. The fourth-order valence-electron chi connectivity index (χ4n) is 5.15. The number of hydrogen-bond acceptors (Lipinski definition) is 4. The van der Waals surface area contributed by atoms with E-state index in [2.05, 4.69) is 4.57 Å². The van der Waals surface area contributed by atoms with E-state index in [1.165, 1.54) is 18.2 Å². The van der Waals surface area contributed by atoms with Gasteiger partial charge in [-0.25, -0.2) is 0 Å². The van der Waals surface area contributed by atoms with E-state index in [1.54, 1.807) is 21.9 Å². The number of nitro groups is 1. The first kappa shape index (κ1) is 23.9. The Kier molecular flexibility index (Phi) is 5.96. The highest BCUT2D eigenvalue weighted by atomic mass is 35.5. The molecule has 1 aromatic heterocycles. The average molecular weight is 527 g/mol. The van der Waals surface area contributed by atoms with Gasteiger partial charge < -0.3 is 9.47 Å². The van der Waals surface area contributed by atoms with Crippen molar-refractivity contribution >= 4 is 34.8 Å². The third-order valence-corrected chi connectivity index (χ3v) is 7.25. The highest BCUT2D eigenvalue weighted by molar-refractivity contribution is 6.30. The molecule has 9 heteroatoms. The minimum absolute atomic E-state index is 0.0840. The van der Waals surface area contributed by atoms with Crippen LogP contribution in [0.15, 0.2) is 91.1 Å². The van der Waals surface area contributed by atoms with Crippen LogP contribution in [0.1, 0.15) is 40.5 Å². The summed E-state index contributed by atoms with van der Waals surface area (Å²) in [5.41, 5.74) is 3.38. The van der Waals surface area contributed by atoms with Gasteiger partial charge in [0.25, 0.3) is 11.6 Å². The van der Waals surface area contributed by atoms with E-state index < -0.39 is 16.9 Å². The number of benzene rings is 3. The predicted molar refractivity (Wildman–Crippen MR) is 144 cm³/mol. The monoisotopic (exact) mass is 526 g/mol. The lowest BCUT2D eigenvalue weighted by Gasteiger charge is -2.39. The zero-order valence-corrected chi connectivity index (χ0v) is 21.0. The summed E-state index contributed by atoms with van der Waals surface area (Å²) in [6.45, 7) is -0.154. The molecule has 2 aliphatic rings. The van der Waals surface area contributed by atoms with Gasteiger partial charge in [0.05, 0.1) is 22.0 Å². The van der Waals surface area contributed by atoms with Gasteiger partial charge in [-0.3, -0.25) is 24.6 Å². The SMILES string of the molecule is O=C(c1cccc([N+](=O)[O-])c1)N(CC(=O)N1c2ccccc2-n2cccc2[C@@H]1c1cccc(Cl)c1)C1CC1. The van der Waals surface area contributed by atoms with E-state index in [9.17, 15) is 19.7 Å². The highest BCUT2D eigenvalue weighted by Gasteiger charge is 2.40. The van der Waals surface area contributed by atoms with E-state index in [0.29, 0.717) is 5.02 Å². The maximum Gasteiger partial charge on any atom is 0.270 e. The van der Waals surface area contributed by atoms with Gasteiger partial charge in [0.15, 0.2) is 0 Å². The average Bonchev–Trinajstić information content (AvgIpc) is 3.65. The molecule has 1 aliphatic heterocycles. The Hall–Kier alpha value is -4.43. The van der Waals surface area contributed by atoms with Crippen molar-refractivity contribution in [2.24, 2.45) is 0 Å². The second kappa shape index (κ2) is 9.46. The molecule has 1 atom stereocenters. The number of fused-ring (bicyclic) bond motifs is 3. The van der Waals surface area contributed by atoms with Gasteiger partial charge in [0.2, 0.25) is 5.91 Å². The van der Waals surface area contributed by atoms with Crippen molar-refractivity contribution in [1.82, 2.24) is 9.47 Å². The van der Waals surface area contributed by atoms with Gasteiger partial charge >= 0.3 is 0 Å². The Morgan fingerprint density at radius 3 is 2.45 bits per heavy atom. The van der Waals surface area contributed by atoms with Gasteiger partial charge in [0.1, 0.15) is 12.6 Å². The molecule has 190 valence electrons. The van der Waals surface area contributed by atoms with Crippen LogP contribution in [0.5, 0.6) is 0 Å². The Morgan fingerprint density at radius 2 is 1.71 bits per heavy atom. The number of carbonyl (C=O) groups excluding carboxylic acids is 2. The molecule has 2 amide bonds. The third kappa shape index (κ3) is 4.22. The molecule has 6 rings (SSSR count). The standard InChI is InChI=1S/C29H23ClN4O4/c30-21-8-3-6-19(16-21)28-26-12-5-15-31(26)24-10-1-2-11-25(24)33(28)27(35)18-32(22-13-14-22)29(36)20-7-4-9-23(17-20)34(37)38/h1-12,15-17,22,28H,13-14,18H2/t28-/m0/s1. The van der Waals surface area contributed by atoms with Crippen LogP contribution in [0.25, 0.3) is 5.69 Å². The lowest BCUT2D eigenvalue weighted by atomic mass is 9.97. The maximum atomic E-state index is 14.2. The minimum Gasteiger partial charge on any atom is -0.326 e.